The van der Waals surface area contributed by atoms with Crippen LogP contribution in [0.15, 0.2) is 0 Å². The molecular weight excluding hydrogens is 223 g/mol. The van der Waals surface area contributed by atoms with Crippen molar-refractivity contribution in [3.63, 3.8) is 0 Å². The second-order valence-corrected chi connectivity index (χ2v) is 5.60. The van der Waals surface area contributed by atoms with E-state index in [2.05, 4.69) is 4.52 Å². The predicted octanol–water partition coefficient (Wildman–Crippen LogP) is 1.07. The van der Waals surface area contributed by atoms with E-state index in [0.29, 0.717) is 0 Å². The van der Waals surface area contributed by atoms with Crippen LogP contribution in [0.3, 0.4) is 0 Å². The number of ether oxygens (including phenoxy) is 1. The first-order valence-corrected chi connectivity index (χ1v) is 5.95. The van der Waals surface area contributed by atoms with E-state index in [4.69, 9.17) is 14.5 Å². The number of phosphoric ester groups is 1. The first-order valence-electron chi connectivity index (χ1n) is 4.42. The number of carbonyl (C=O) groups excluding carboxylic acids is 1. The van der Waals surface area contributed by atoms with Gasteiger partial charge < -0.3 is 14.5 Å². The topological polar surface area (TPSA) is 93.1 Å². The van der Waals surface area contributed by atoms with E-state index in [1.54, 1.807) is 0 Å². The fraction of sp³-hybridized carbons (Fsp3) is 0.875. The summed E-state index contributed by atoms with van der Waals surface area (Å²) in [6.45, 7) is 7.00. The Morgan fingerprint density at radius 1 is 1.40 bits per heavy atom. The largest absolute Gasteiger partial charge is 0.470 e. The van der Waals surface area contributed by atoms with Gasteiger partial charge in [-0.3, -0.25) is 4.52 Å². The highest BCUT2D eigenvalue weighted by atomic mass is 31.2. The molecule has 0 aliphatic heterocycles. The summed E-state index contributed by atoms with van der Waals surface area (Å²) in [5.41, 5.74) is -0.197. The molecule has 15 heavy (non-hydrogen) atoms. The lowest BCUT2D eigenvalue weighted by Gasteiger charge is -2.19. The predicted molar refractivity (Wildman–Crippen MR) is 53.0 cm³/mol. The summed E-state index contributed by atoms with van der Waals surface area (Å²) >= 11 is 0. The average Bonchev–Trinajstić information content (AvgIpc) is 1.95. The fourth-order valence-corrected chi connectivity index (χ4v) is 1.15. The molecule has 0 saturated carbocycles. The quantitative estimate of drug-likeness (QED) is 0.564. The Morgan fingerprint density at radius 2 is 1.87 bits per heavy atom. The van der Waals surface area contributed by atoms with Crippen LogP contribution < -0.4 is 0 Å². The van der Waals surface area contributed by atoms with Gasteiger partial charge in [0.1, 0.15) is 0 Å². The molecule has 6 nitrogen and oxygen atoms in total. The summed E-state index contributed by atoms with van der Waals surface area (Å²) in [6.07, 6.45) is -1.27. The molecular formula is C8H17O6P. The second-order valence-electron chi connectivity index (χ2n) is 4.41. The normalized spacial score (nSPS) is 14.8. The summed E-state index contributed by atoms with van der Waals surface area (Å²) < 4.78 is 19.4. The Kier molecular flexibility index (Phi) is 4.93. The summed E-state index contributed by atoms with van der Waals surface area (Å²) in [5.74, 6) is -0.784. The van der Waals surface area contributed by atoms with E-state index >= 15 is 0 Å². The van der Waals surface area contributed by atoms with Crippen molar-refractivity contribution in [1.29, 1.82) is 0 Å². The van der Waals surface area contributed by atoms with Gasteiger partial charge in [0, 0.05) is 0 Å². The number of hydrogen-bond donors (Lipinski definition) is 2. The van der Waals surface area contributed by atoms with Crippen LogP contribution in [0.25, 0.3) is 0 Å². The molecule has 0 fully saturated rings. The molecule has 0 spiro atoms. The molecule has 0 saturated heterocycles. The number of hydrogen-bond acceptors (Lipinski definition) is 4. The fourth-order valence-electron chi connectivity index (χ4n) is 0.654. The van der Waals surface area contributed by atoms with Crippen LogP contribution in [-0.4, -0.2) is 28.5 Å². The molecule has 0 rings (SSSR count). The highest BCUT2D eigenvalue weighted by molar-refractivity contribution is 7.46. The minimum absolute atomic E-state index is 0.167. The van der Waals surface area contributed by atoms with Gasteiger partial charge in [0.15, 0.2) is 6.10 Å². The minimum atomic E-state index is -4.64. The summed E-state index contributed by atoms with van der Waals surface area (Å²) in [6, 6.07) is 0. The van der Waals surface area contributed by atoms with E-state index < -0.39 is 19.9 Å². The van der Waals surface area contributed by atoms with E-state index in [1.807, 2.05) is 20.8 Å². The van der Waals surface area contributed by atoms with Gasteiger partial charge in [-0.25, -0.2) is 9.36 Å². The SMILES string of the molecule is CC(OP(=O)(O)O)C(=O)OCC(C)(C)C. The van der Waals surface area contributed by atoms with Crippen molar-refractivity contribution >= 4 is 13.8 Å². The van der Waals surface area contributed by atoms with Crippen molar-refractivity contribution in [1.82, 2.24) is 0 Å². The zero-order valence-corrected chi connectivity index (χ0v) is 10.2. The van der Waals surface area contributed by atoms with Gasteiger partial charge in [-0.15, -0.1) is 0 Å². The smallest absolute Gasteiger partial charge is 0.463 e. The van der Waals surface area contributed by atoms with Gasteiger partial charge >= 0.3 is 13.8 Å². The lowest BCUT2D eigenvalue weighted by molar-refractivity contribution is -0.154. The van der Waals surface area contributed by atoms with Crippen LogP contribution in [0, 0.1) is 5.41 Å². The van der Waals surface area contributed by atoms with Crippen LogP contribution in [0.4, 0.5) is 0 Å². The monoisotopic (exact) mass is 240 g/mol. The molecule has 0 aromatic heterocycles. The maximum absolute atomic E-state index is 11.2. The van der Waals surface area contributed by atoms with Crippen molar-refractivity contribution < 1.29 is 28.4 Å². The first-order chi connectivity index (χ1) is 6.51. The highest BCUT2D eigenvalue weighted by Crippen LogP contribution is 2.37. The van der Waals surface area contributed by atoms with E-state index in [0.717, 1.165) is 0 Å². The van der Waals surface area contributed by atoms with Gasteiger partial charge in [0.25, 0.3) is 0 Å². The van der Waals surface area contributed by atoms with Crippen molar-refractivity contribution in [3.05, 3.63) is 0 Å². The van der Waals surface area contributed by atoms with E-state index in [-0.39, 0.29) is 12.0 Å². The van der Waals surface area contributed by atoms with Crippen molar-refractivity contribution in [3.8, 4) is 0 Å². The van der Waals surface area contributed by atoms with E-state index in [1.165, 1.54) is 6.92 Å². The maximum Gasteiger partial charge on any atom is 0.470 e. The van der Waals surface area contributed by atoms with Crippen LogP contribution in [0.2, 0.25) is 0 Å². The Hall–Kier alpha value is -0.420. The standard InChI is InChI=1S/C8H17O6P/c1-6(14-15(10,11)12)7(9)13-5-8(2,3)4/h6H,5H2,1-4H3,(H2,10,11,12). The number of phosphoric acid groups is 1. The number of rotatable bonds is 4. The van der Waals surface area contributed by atoms with Crippen molar-refractivity contribution in [2.45, 2.75) is 33.8 Å². The van der Waals surface area contributed by atoms with Gasteiger partial charge in [-0.1, -0.05) is 20.8 Å². The molecule has 1 unspecified atom stereocenters. The van der Waals surface area contributed by atoms with Crippen molar-refractivity contribution in [2.24, 2.45) is 5.41 Å². The van der Waals surface area contributed by atoms with Crippen molar-refractivity contribution in [2.75, 3.05) is 6.61 Å². The maximum atomic E-state index is 11.2. The molecule has 0 aromatic carbocycles. The van der Waals surface area contributed by atoms with Gasteiger partial charge in [0.2, 0.25) is 0 Å². The number of carbonyl (C=O) groups is 1. The zero-order valence-electron chi connectivity index (χ0n) is 9.26. The van der Waals surface area contributed by atoms with Crippen LogP contribution in [0.1, 0.15) is 27.7 Å². The molecule has 0 aliphatic carbocycles. The van der Waals surface area contributed by atoms with Gasteiger partial charge in [0.05, 0.1) is 6.61 Å². The second kappa shape index (κ2) is 5.07. The zero-order chi connectivity index (χ0) is 12.3. The molecule has 1 atom stereocenters. The Morgan fingerprint density at radius 3 is 2.20 bits per heavy atom. The first kappa shape index (κ1) is 14.6. The lowest BCUT2D eigenvalue weighted by Crippen LogP contribution is -2.26. The third kappa shape index (κ3) is 8.57. The molecule has 0 radical (unpaired) electrons. The summed E-state index contributed by atoms with van der Waals surface area (Å²) in [7, 11) is -4.64. The molecule has 90 valence electrons. The molecule has 0 amide bonds. The molecule has 2 N–H and O–H groups in total. The number of esters is 1. The minimum Gasteiger partial charge on any atom is -0.463 e. The highest BCUT2D eigenvalue weighted by Gasteiger charge is 2.26. The van der Waals surface area contributed by atoms with Crippen LogP contribution >= 0.6 is 7.82 Å². The molecule has 0 aromatic rings. The molecule has 0 bridgehead atoms. The van der Waals surface area contributed by atoms with Crippen LogP contribution in [-0.2, 0) is 18.6 Å². The van der Waals surface area contributed by atoms with E-state index in [9.17, 15) is 9.36 Å². The molecule has 0 aliphatic rings. The van der Waals surface area contributed by atoms with Gasteiger partial charge in [-0.2, -0.15) is 0 Å². The Balaban J connectivity index is 4.07. The molecule has 0 heterocycles. The average molecular weight is 240 g/mol. The Labute approximate surface area is 88.8 Å². The van der Waals surface area contributed by atoms with Crippen LogP contribution in [0.5, 0.6) is 0 Å². The van der Waals surface area contributed by atoms with Gasteiger partial charge in [-0.05, 0) is 12.3 Å². The lowest BCUT2D eigenvalue weighted by atomic mass is 9.99. The third-order valence-electron chi connectivity index (χ3n) is 1.27. The Bertz CT molecular complexity index is 263. The third-order valence-corrected chi connectivity index (χ3v) is 1.87. The summed E-state index contributed by atoms with van der Waals surface area (Å²) in [4.78, 5) is 28.1. The summed E-state index contributed by atoms with van der Waals surface area (Å²) in [5, 5.41) is 0. The molecule has 7 heteroatoms.